The van der Waals surface area contributed by atoms with E-state index in [1.165, 1.54) is 18.2 Å². The number of hydrogen-bond acceptors (Lipinski definition) is 4. The highest BCUT2D eigenvalue weighted by atomic mass is 19.4. The van der Waals surface area contributed by atoms with Gasteiger partial charge in [-0.15, -0.1) is 13.2 Å². The minimum atomic E-state index is -4.80. The van der Waals surface area contributed by atoms with Crippen molar-refractivity contribution in [3.05, 3.63) is 65.5 Å². The van der Waals surface area contributed by atoms with Gasteiger partial charge in [0.15, 0.2) is 0 Å². The monoisotopic (exact) mass is 451 g/mol. The second-order valence-corrected chi connectivity index (χ2v) is 7.82. The summed E-state index contributed by atoms with van der Waals surface area (Å²) in [6.07, 6.45) is -3.89. The first-order chi connectivity index (χ1) is 15.2. The van der Waals surface area contributed by atoms with Gasteiger partial charge in [0.2, 0.25) is 5.91 Å². The third-order valence-corrected chi connectivity index (χ3v) is 5.89. The number of carbonyl (C=O) groups excluding carboxylic acids is 2. The summed E-state index contributed by atoms with van der Waals surface area (Å²) in [5.74, 6) is -1.23. The van der Waals surface area contributed by atoms with Gasteiger partial charge in [-0.25, -0.2) is 4.39 Å². The van der Waals surface area contributed by atoms with E-state index in [0.717, 1.165) is 12.1 Å². The van der Waals surface area contributed by atoms with E-state index in [1.807, 2.05) is 0 Å². The standard InChI is InChI=1S/C22H21F4N3O3/c23-18-4-2-1-3-16(18)14-29-19(30)13-27-21(29)9-11-28(12-10-21)20(31)15-5-7-17(8-6-15)32-22(24,25)26/h1-8,27H,9-14H2. The number of amides is 2. The molecule has 0 aromatic heterocycles. The summed E-state index contributed by atoms with van der Waals surface area (Å²) in [7, 11) is 0. The van der Waals surface area contributed by atoms with E-state index in [2.05, 4.69) is 10.1 Å². The highest BCUT2D eigenvalue weighted by molar-refractivity contribution is 5.94. The molecule has 0 atom stereocenters. The summed E-state index contributed by atoms with van der Waals surface area (Å²) in [5.41, 5.74) is -0.00155. The second-order valence-electron chi connectivity index (χ2n) is 7.82. The number of nitrogens with zero attached hydrogens (tertiary/aromatic N) is 2. The van der Waals surface area contributed by atoms with Gasteiger partial charge in [0.1, 0.15) is 11.6 Å². The molecule has 2 aromatic carbocycles. The van der Waals surface area contributed by atoms with E-state index in [-0.39, 0.29) is 36.3 Å². The average Bonchev–Trinajstić information content (AvgIpc) is 3.04. The van der Waals surface area contributed by atoms with E-state index in [0.29, 0.717) is 31.5 Å². The Labute approximate surface area is 181 Å². The maximum Gasteiger partial charge on any atom is 0.573 e. The Balaban J connectivity index is 1.42. The molecule has 1 N–H and O–H groups in total. The fraction of sp³-hybridized carbons (Fsp3) is 0.364. The summed E-state index contributed by atoms with van der Waals surface area (Å²) in [5, 5.41) is 3.23. The Bertz CT molecular complexity index is 1000. The van der Waals surface area contributed by atoms with Crippen LogP contribution in [0.3, 0.4) is 0 Å². The molecule has 2 aromatic rings. The smallest absolute Gasteiger partial charge is 0.406 e. The Kier molecular flexibility index (Phi) is 5.81. The predicted molar refractivity (Wildman–Crippen MR) is 106 cm³/mol. The van der Waals surface area contributed by atoms with Crippen molar-refractivity contribution < 1.29 is 31.9 Å². The lowest BCUT2D eigenvalue weighted by Gasteiger charge is -2.44. The van der Waals surface area contributed by atoms with Crippen molar-refractivity contribution in [2.45, 2.75) is 31.4 Å². The molecular weight excluding hydrogens is 430 g/mol. The van der Waals surface area contributed by atoms with E-state index in [1.54, 1.807) is 28.0 Å². The number of alkyl halides is 3. The van der Waals surface area contributed by atoms with Crippen LogP contribution in [0.15, 0.2) is 48.5 Å². The quantitative estimate of drug-likeness (QED) is 0.725. The minimum Gasteiger partial charge on any atom is -0.406 e. The van der Waals surface area contributed by atoms with Crippen LogP contribution >= 0.6 is 0 Å². The van der Waals surface area contributed by atoms with Crippen molar-refractivity contribution in [3.8, 4) is 5.75 Å². The van der Waals surface area contributed by atoms with Gasteiger partial charge in [0.25, 0.3) is 5.91 Å². The fourth-order valence-corrected chi connectivity index (χ4v) is 4.21. The molecule has 2 saturated heterocycles. The Hall–Kier alpha value is -3.14. The molecule has 0 unspecified atom stereocenters. The lowest BCUT2D eigenvalue weighted by Crippen LogP contribution is -2.59. The predicted octanol–water partition coefficient (Wildman–Crippen LogP) is 3.29. The molecule has 0 bridgehead atoms. The first-order valence-corrected chi connectivity index (χ1v) is 10.1. The summed E-state index contributed by atoms with van der Waals surface area (Å²) in [6.45, 7) is 0.956. The Morgan fingerprint density at radius 1 is 1.06 bits per heavy atom. The number of halogens is 4. The number of hydrogen-bond donors (Lipinski definition) is 1. The third-order valence-electron chi connectivity index (χ3n) is 5.89. The maximum atomic E-state index is 14.1. The molecule has 32 heavy (non-hydrogen) atoms. The van der Waals surface area contributed by atoms with E-state index >= 15 is 0 Å². The normalized spacial score (nSPS) is 18.3. The van der Waals surface area contributed by atoms with Crippen molar-refractivity contribution in [2.24, 2.45) is 0 Å². The van der Waals surface area contributed by atoms with Gasteiger partial charge in [-0.2, -0.15) is 0 Å². The Morgan fingerprint density at radius 2 is 1.72 bits per heavy atom. The van der Waals surface area contributed by atoms with Crippen molar-refractivity contribution in [2.75, 3.05) is 19.6 Å². The molecule has 0 saturated carbocycles. The van der Waals surface area contributed by atoms with Crippen LogP contribution in [-0.4, -0.2) is 53.3 Å². The minimum absolute atomic E-state index is 0.131. The van der Waals surface area contributed by atoms with Gasteiger partial charge in [0.05, 0.1) is 18.8 Å². The number of benzene rings is 2. The molecule has 2 aliphatic heterocycles. The number of rotatable bonds is 4. The maximum absolute atomic E-state index is 14.1. The number of nitrogens with one attached hydrogen (secondary N) is 1. The molecule has 2 aliphatic rings. The summed E-state index contributed by atoms with van der Waals surface area (Å²) in [4.78, 5) is 28.5. The van der Waals surface area contributed by atoms with Crippen molar-refractivity contribution in [1.82, 2.24) is 15.1 Å². The first kappa shape index (κ1) is 22.1. The molecule has 4 rings (SSSR count). The average molecular weight is 451 g/mol. The summed E-state index contributed by atoms with van der Waals surface area (Å²) in [6, 6.07) is 11.1. The zero-order valence-corrected chi connectivity index (χ0v) is 17.0. The van der Waals surface area contributed by atoms with Gasteiger partial charge in [0, 0.05) is 37.1 Å². The van der Waals surface area contributed by atoms with Crippen LogP contribution in [0.4, 0.5) is 17.6 Å². The molecule has 6 nitrogen and oxygen atoms in total. The molecule has 0 aliphatic carbocycles. The summed E-state index contributed by atoms with van der Waals surface area (Å²) < 4.78 is 54.9. The van der Waals surface area contributed by atoms with Crippen LogP contribution in [0, 0.1) is 5.82 Å². The largest absolute Gasteiger partial charge is 0.573 e. The fourth-order valence-electron chi connectivity index (χ4n) is 4.21. The van der Waals surface area contributed by atoms with Gasteiger partial charge in [-0.05, 0) is 30.3 Å². The van der Waals surface area contributed by atoms with Crippen LogP contribution in [0.5, 0.6) is 5.75 Å². The summed E-state index contributed by atoms with van der Waals surface area (Å²) >= 11 is 0. The first-order valence-electron chi connectivity index (χ1n) is 10.1. The molecule has 1 spiro atoms. The number of ether oxygens (including phenoxy) is 1. The molecular formula is C22H21F4N3O3. The topological polar surface area (TPSA) is 61.9 Å². The van der Waals surface area contributed by atoms with Gasteiger partial charge in [-0.1, -0.05) is 18.2 Å². The zero-order chi connectivity index (χ0) is 22.9. The van der Waals surface area contributed by atoms with Crippen LogP contribution < -0.4 is 10.1 Å². The van der Waals surface area contributed by atoms with Crippen LogP contribution in [0.25, 0.3) is 0 Å². The second kappa shape index (κ2) is 8.42. The molecule has 2 fully saturated rings. The van der Waals surface area contributed by atoms with Crippen LogP contribution in [0.1, 0.15) is 28.8 Å². The lowest BCUT2D eigenvalue weighted by atomic mass is 9.94. The molecule has 2 amide bonds. The lowest BCUT2D eigenvalue weighted by molar-refractivity contribution is -0.274. The van der Waals surface area contributed by atoms with E-state index < -0.39 is 17.8 Å². The molecule has 2 heterocycles. The van der Waals surface area contributed by atoms with Crippen LogP contribution in [-0.2, 0) is 11.3 Å². The van der Waals surface area contributed by atoms with Crippen LogP contribution in [0.2, 0.25) is 0 Å². The number of carbonyl (C=O) groups is 2. The Morgan fingerprint density at radius 3 is 2.34 bits per heavy atom. The van der Waals surface area contributed by atoms with Crippen molar-refractivity contribution in [1.29, 1.82) is 0 Å². The number of piperidine rings is 1. The van der Waals surface area contributed by atoms with Gasteiger partial charge >= 0.3 is 6.36 Å². The third kappa shape index (κ3) is 4.55. The van der Waals surface area contributed by atoms with Crippen molar-refractivity contribution >= 4 is 11.8 Å². The van der Waals surface area contributed by atoms with Gasteiger partial charge in [-0.3, -0.25) is 14.9 Å². The highest BCUT2D eigenvalue weighted by Gasteiger charge is 2.47. The van der Waals surface area contributed by atoms with Gasteiger partial charge < -0.3 is 14.5 Å². The van der Waals surface area contributed by atoms with E-state index in [9.17, 15) is 27.2 Å². The van der Waals surface area contributed by atoms with Crippen molar-refractivity contribution in [3.63, 3.8) is 0 Å². The SMILES string of the molecule is O=C(c1ccc(OC(F)(F)F)cc1)N1CCC2(CC1)NCC(=O)N2Cc1ccccc1F. The number of likely N-dealkylation sites (tertiary alicyclic amines) is 1. The molecule has 10 heteroatoms. The highest BCUT2D eigenvalue weighted by Crippen LogP contribution is 2.33. The zero-order valence-electron chi connectivity index (χ0n) is 17.0. The molecule has 0 radical (unpaired) electrons. The van der Waals surface area contributed by atoms with E-state index in [4.69, 9.17) is 0 Å². The molecule has 170 valence electrons.